The summed E-state index contributed by atoms with van der Waals surface area (Å²) in [5, 5.41) is 11.5. The number of carbonyl (C=O) groups excluding carboxylic acids is 1. The van der Waals surface area contributed by atoms with Crippen LogP contribution in [0.25, 0.3) is 0 Å². The molecule has 2 N–H and O–H groups in total. The van der Waals surface area contributed by atoms with Crippen molar-refractivity contribution in [3.05, 3.63) is 58.6 Å². The van der Waals surface area contributed by atoms with E-state index in [0.29, 0.717) is 0 Å². The van der Waals surface area contributed by atoms with Crippen LogP contribution in [0.4, 0.5) is 14.5 Å². The first kappa shape index (κ1) is 16.7. The van der Waals surface area contributed by atoms with Crippen LogP contribution in [0.5, 0.6) is 5.75 Å². The zero-order valence-electron chi connectivity index (χ0n) is 11.4. The maximum absolute atomic E-state index is 12.2. The quantitative estimate of drug-likeness (QED) is 0.865. The van der Waals surface area contributed by atoms with Gasteiger partial charge >= 0.3 is 12.6 Å². The highest BCUT2D eigenvalue weighted by molar-refractivity contribution is 6.33. The molecule has 1 amide bonds. The van der Waals surface area contributed by atoms with Crippen molar-refractivity contribution in [3.8, 4) is 5.75 Å². The Morgan fingerprint density at radius 1 is 1.17 bits per heavy atom. The maximum Gasteiger partial charge on any atom is 0.387 e. The largest absolute Gasteiger partial charge is 0.478 e. The monoisotopic (exact) mass is 341 g/mol. The highest BCUT2D eigenvalue weighted by Crippen LogP contribution is 2.22. The van der Waals surface area contributed by atoms with Gasteiger partial charge in [0.2, 0.25) is 0 Å². The number of carboxylic acid groups (broad SMARTS) is 1. The van der Waals surface area contributed by atoms with Crippen molar-refractivity contribution < 1.29 is 28.2 Å². The molecule has 2 rings (SSSR count). The van der Waals surface area contributed by atoms with E-state index in [1.165, 1.54) is 36.4 Å². The van der Waals surface area contributed by atoms with Crippen LogP contribution < -0.4 is 10.1 Å². The number of anilines is 1. The number of benzene rings is 2. The number of rotatable bonds is 5. The Balaban J connectivity index is 2.19. The van der Waals surface area contributed by atoms with Gasteiger partial charge in [-0.2, -0.15) is 8.78 Å². The SMILES string of the molecule is O=C(Nc1ccc(Cl)c(C(=O)O)c1)c1cccc(OC(F)F)c1. The Kier molecular flexibility index (Phi) is 5.13. The first-order valence-corrected chi connectivity index (χ1v) is 6.63. The van der Waals surface area contributed by atoms with Crippen LogP contribution in [0.1, 0.15) is 20.7 Å². The number of hydrogen-bond donors (Lipinski definition) is 2. The Hall–Kier alpha value is -2.67. The van der Waals surface area contributed by atoms with Crippen molar-refractivity contribution in [2.45, 2.75) is 6.61 Å². The van der Waals surface area contributed by atoms with Crippen molar-refractivity contribution in [2.75, 3.05) is 5.32 Å². The van der Waals surface area contributed by atoms with Gasteiger partial charge < -0.3 is 15.2 Å². The summed E-state index contributed by atoms with van der Waals surface area (Å²) in [4.78, 5) is 23.1. The third-order valence-corrected chi connectivity index (χ3v) is 3.11. The molecule has 8 heteroatoms. The van der Waals surface area contributed by atoms with Gasteiger partial charge in [-0.1, -0.05) is 17.7 Å². The third-order valence-electron chi connectivity index (χ3n) is 2.78. The lowest BCUT2D eigenvalue weighted by Crippen LogP contribution is -2.13. The van der Waals surface area contributed by atoms with Crippen molar-refractivity contribution in [1.82, 2.24) is 0 Å². The van der Waals surface area contributed by atoms with Crippen LogP contribution in [0, 0.1) is 0 Å². The van der Waals surface area contributed by atoms with E-state index in [1.54, 1.807) is 0 Å². The minimum Gasteiger partial charge on any atom is -0.478 e. The highest BCUT2D eigenvalue weighted by Gasteiger charge is 2.13. The second-order valence-electron chi connectivity index (χ2n) is 4.36. The summed E-state index contributed by atoms with van der Waals surface area (Å²) in [7, 11) is 0. The Morgan fingerprint density at radius 2 is 1.91 bits per heavy atom. The average Bonchev–Trinajstić information content (AvgIpc) is 2.48. The molecule has 0 aromatic heterocycles. The fourth-order valence-electron chi connectivity index (χ4n) is 1.78. The summed E-state index contributed by atoms with van der Waals surface area (Å²) in [6, 6.07) is 9.17. The maximum atomic E-state index is 12.2. The molecule has 5 nitrogen and oxygen atoms in total. The minimum atomic E-state index is -3.00. The van der Waals surface area contributed by atoms with E-state index in [1.807, 2.05) is 0 Å². The first-order chi connectivity index (χ1) is 10.9. The van der Waals surface area contributed by atoms with Crippen LogP contribution >= 0.6 is 11.6 Å². The smallest absolute Gasteiger partial charge is 0.387 e. The lowest BCUT2D eigenvalue weighted by atomic mass is 10.1. The number of nitrogens with one attached hydrogen (secondary N) is 1. The lowest BCUT2D eigenvalue weighted by molar-refractivity contribution is -0.0498. The molecule has 0 aliphatic rings. The van der Waals surface area contributed by atoms with Gasteiger partial charge in [0.15, 0.2) is 0 Å². The molecule has 0 unspecified atom stereocenters. The van der Waals surface area contributed by atoms with E-state index >= 15 is 0 Å². The number of hydrogen-bond acceptors (Lipinski definition) is 3. The second kappa shape index (κ2) is 7.06. The molecule has 2 aromatic carbocycles. The molecule has 0 spiro atoms. The molecule has 0 saturated heterocycles. The molecular weight excluding hydrogens is 332 g/mol. The van der Waals surface area contributed by atoms with Gasteiger partial charge in [0.05, 0.1) is 10.6 Å². The van der Waals surface area contributed by atoms with Crippen molar-refractivity contribution in [1.29, 1.82) is 0 Å². The van der Waals surface area contributed by atoms with Gasteiger partial charge in [0.1, 0.15) is 5.75 Å². The molecule has 23 heavy (non-hydrogen) atoms. The zero-order valence-corrected chi connectivity index (χ0v) is 12.2. The Bertz CT molecular complexity index is 752. The summed E-state index contributed by atoms with van der Waals surface area (Å²) < 4.78 is 28.5. The Labute approximate surface area is 134 Å². The van der Waals surface area contributed by atoms with Crippen LogP contribution in [0.3, 0.4) is 0 Å². The first-order valence-electron chi connectivity index (χ1n) is 6.26. The standard InChI is InChI=1S/C15H10ClF2NO4/c16-12-5-4-9(7-11(12)14(21)22)19-13(20)8-2-1-3-10(6-8)23-15(17)18/h1-7,15H,(H,19,20)(H,21,22). The average molecular weight is 342 g/mol. The number of amides is 1. The number of halogens is 3. The number of ether oxygens (including phenoxy) is 1. The van der Waals surface area contributed by atoms with E-state index in [0.717, 1.165) is 6.07 Å². The molecule has 0 bridgehead atoms. The van der Waals surface area contributed by atoms with Gasteiger partial charge in [0, 0.05) is 11.3 Å². The minimum absolute atomic E-state index is 0.0304. The number of alkyl halides is 2. The lowest BCUT2D eigenvalue weighted by Gasteiger charge is -2.09. The topological polar surface area (TPSA) is 75.6 Å². The Morgan fingerprint density at radius 3 is 2.57 bits per heavy atom. The third kappa shape index (κ3) is 4.40. The van der Waals surface area contributed by atoms with Crippen molar-refractivity contribution >= 4 is 29.2 Å². The number of aromatic carboxylic acids is 1. The molecule has 0 aliphatic heterocycles. The normalized spacial score (nSPS) is 10.4. The summed E-state index contributed by atoms with van der Waals surface area (Å²) in [5.74, 6) is -2.00. The molecule has 0 radical (unpaired) electrons. The van der Waals surface area contributed by atoms with Crippen molar-refractivity contribution in [3.63, 3.8) is 0 Å². The van der Waals surface area contributed by atoms with Crippen LogP contribution in [0.15, 0.2) is 42.5 Å². The van der Waals surface area contributed by atoms with E-state index < -0.39 is 18.5 Å². The predicted octanol–water partition coefficient (Wildman–Crippen LogP) is 3.89. The summed E-state index contributed by atoms with van der Waals surface area (Å²) >= 11 is 5.73. The fourth-order valence-corrected chi connectivity index (χ4v) is 1.98. The van der Waals surface area contributed by atoms with E-state index in [-0.39, 0.29) is 27.6 Å². The molecule has 120 valence electrons. The van der Waals surface area contributed by atoms with E-state index in [2.05, 4.69) is 10.1 Å². The second-order valence-corrected chi connectivity index (χ2v) is 4.77. The molecule has 0 saturated carbocycles. The summed E-state index contributed by atoms with van der Waals surface area (Å²) in [5.41, 5.74) is 0.117. The fraction of sp³-hybridized carbons (Fsp3) is 0.0667. The molecule has 0 aliphatic carbocycles. The van der Waals surface area contributed by atoms with E-state index in [4.69, 9.17) is 16.7 Å². The molecule has 0 heterocycles. The van der Waals surface area contributed by atoms with Gasteiger partial charge in [-0.15, -0.1) is 0 Å². The number of carboxylic acids is 1. The molecule has 0 fully saturated rings. The van der Waals surface area contributed by atoms with Gasteiger partial charge in [-0.25, -0.2) is 4.79 Å². The van der Waals surface area contributed by atoms with Gasteiger partial charge in [0.25, 0.3) is 5.91 Å². The molecule has 2 aromatic rings. The molecule has 0 atom stereocenters. The number of carbonyl (C=O) groups is 2. The van der Waals surface area contributed by atoms with Gasteiger partial charge in [-0.05, 0) is 36.4 Å². The highest BCUT2D eigenvalue weighted by atomic mass is 35.5. The van der Waals surface area contributed by atoms with E-state index in [9.17, 15) is 18.4 Å². The van der Waals surface area contributed by atoms with Gasteiger partial charge in [-0.3, -0.25) is 4.79 Å². The van der Waals surface area contributed by atoms with Crippen LogP contribution in [-0.2, 0) is 0 Å². The summed E-state index contributed by atoms with van der Waals surface area (Å²) in [6.07, 6.45) is 0. The van der Waals surface area contributed by atoms with Crippen molar-refractivity contribution in [2.24, 2.45) is 0 Å². The summed E-state index contributed by atoms with van der Waals surface area (Å²) in [6.45, 7) is -3.00. The van der Waals surface area contributed by atoms with Crippen LogP contribution in [-0.4, -0.2) is 23.6 Å². The molecular formula is C15H10ClF2NO4. The zero-order chi connectivity index (χ0) is 17.0. The van der Waals surface area contributed by atoms with Crippen LogP contribution in [0.2, 0.25) is 5.02 Å². The predicted molar refractivity (Wildman–Crippen MR) is 79.4 cm³/mol.